The fraction of sp³-hybridized carbons (Fsp3) is 0.625. The molecule has 1 aromatic carbocycles. The van der Waals surface area contributed by atoms with Crippen LogP contribution in [0.1, 0.15) is 44.6 Å². The Bertz CT molecular complexity index is 345. The van der Waals surface area contributed by atoms with Gasteiger partial charge in [-0.3, -0.25) is 4.90 Å². The maximum Gasteiger partial charge on any atom is 0.0314 e. The second kappa shape index (κ2) is 6.79. The minimum Gasteiger partial charge on any atom is -0.399 e. The number of benzene rings is 1. The van der Waals surface area contributed by atoms with Crippen LogP contribution < -0.4 is 5.73 Å². The van der Waals surface area contributed by atoms with E-state index < -0.39 is 0 Å². The number of hydrogen-bond donors (Lipinski definition) is 1. The molecule has 0 saturated carbocycles. The van der Waals surface area contributed by atoms with Gasteiger partial charge in [-0.25, -0.2) is 0 Å². The average Bonchev–Trinajstić information content (AvgIpc) is 2.59. The van der Waals surface area contributed by atoms with Crippen molar-refractivity contribution in [2.75, 3.05) is 18.8 Å². The van der Waals surface area contributed by atoms with Gasteiger partial charge in [0.1, 0.15) is 0 Å². The lowest BCUT2D eigenvalue weighted by Gasteiger charge is -2.20. The van der Waals surface area contributed by atoms with Crippen LogP contribution in [0.15, 0.2) is 24.3 Å². The van der Waals surface area contributed by atoms with Crippen LogP contribution >= 0.6 is 0 Å². The number of nitrogens with zero attached hydrogens (tertiary/aromatic N) is 1. The van der Waals surface area contributed by atoms with E-state index in [1.54, 1.807) is 0 Å². The number of nitrogens with two attached hydrogens (primary N) is 1. The van der Waals surface area contributed by atoms with Crippen molar-refractivity contribution < 1.29 is 0 Å². The summed E-state index contributed by atoms with van der Waals surface area (Å²) in [7, 11) is 0. The van der Waals surface area contributed by atoms with E-state index in [-0.39, 0.29) is 0 Å². The van der Waals surface area contributed by atoms with Gasteiger partial charge in [0.05, 0.1) is 0 Å². The first-order chi connectivity index (χ1) is 8.78. The van der Waals surface area contributed by atoms with Gasteiger partial charge < -0.3 is 5.73 Å². The Morgan fingerprint density at radius 2 is 1.94 bits per heavy atom. The van der Waals surface area contributed by atoms with E-state index in [2.05, 4.69) is 24.0 Å². The molecule has 0 radical (unpaired) electrons. The normalized spacial score (nSPS) is 21.7. The molecule has 1 fully saturated rings. The molecule has 1 heterocycles. The van der Waals surface area contributed by atoms with E-state index in [4.69, 9.17) is 5.73 Å². The molecule has 2 heteroatoms. The van der Waals surface area contributed by atoms with Gasteiger partial charge in [0.25, 0.3) is 0 Å². The third-order valence-electron chi connectivity index (χ3n) is 4.02. The quantitative estimate of drug-likeness (QED) is 0.821. The molecule has 0 aromatic heterocycles. The Morgan fingerprint density at radius 1 is 1.17 bits per heavy atom. The second-order valence-corrected chi connectivity index (χ2v) is 5.60. The summed E-state index contributed by atoms with van der Waals surface area (Å²) >= 11 is 0. The van der Waals surface area contributed by atoms with E-state index in [1.807, 2.05) is 12.1 Å². The number of hydrogen-bond acceptors (Lipinski definition) is 2. The summed E-state index contributed by atoms with van der Waals surface area (Å²) in [5, 5.41) is 0. The van der Waals surface area contributed by atoms with E-state index in [0.29, 0.717) is 0 Å². The largest absolute Gasteiger partial charge is 0.399 e. The van der Waals surface area contributed by atoms with Gasteiger partial charge in [-0.2, -0.15) is 0 Å². The number of anilines is 1. The van der Waals surface area contributed by atoms with Crippen molar-refractivity contribution in [3.05, 3.63) is 29.8 Å². The summed E-state index contributed by atoms with van der Waals surface area (Å²) in [6.45, 7) is 5.90. The van der Waals surface area contributed by atoms with Gasteiger partial charge >= 0.3 is 0 Å². The molecule has 0 aliphatic carbocycles. The molecule has 100 valence electrons. The molecule has 1 aromatic rings. The van der Waals surface area contributed by atoms with E-state index in [1.165, 1.54) is 50.8 Å². The summed E-state index contributed by atoms with van der Waals surface area (Å²) in [4.78, 5) is 2.60. The molecule has 2 rings (SSSR count). The first-order valence-electron chi connectivity index (χ1n) is 7.34. The zero-order chi connectivity index (χ0) is 12.8. The number of rotatable bonds is 4. The fourth-order valence-corrected chi connectivity index (χ4v) is 2.96. The van der Waals surface area contributed by atoms with E-state index in [9.17, 15) is 0 Å². The van der Waals surface area contributed by atoms with Gasteiger partial charge in [0.2, 0.25) is 0 Å². The molecule has 2 N–H and O–H groups in total. The van der Waals surface area contributed by atoms with Crippen molar-refractivity contribution >= 4 is 5.69 Å². The van der Waals surface area contributed by atoms with E-state index >= 15 is 0 Å². The van der Waals surface area contributed by atoms with Crippen LogP contribution in [-0.4, -0.2) is 18.0 Å². The Labute approximate surface area is 111 Å². The smallest absolute Gasteiger partial charge is 0.0314 e. The maximum atomic E-state index is 5.72. The molecular weight excluding hydrogens is 220 g/mol. The third-order valence-corrected chi connectivity index (χ3v) is 4.02. The zero-order valence-electron chi connectivity index (χ0n) is 11.6. The predicted molar refractivity (Wildman–Crippen MR) is 78.4 cm³/mol. The van der Waals surface area contributed by atoms with E-state index in [0.717, 1.165) is 18.2 Å². The van der Waals surface area contributed by atoms with Gasteiger partial charge in [0.15, 0.2) is 0 Å². The van der Waals surface area contributed by atoms with Gasteiger partial charge in [0, 0.05) is 12.2 Å². The first kappa shape index (κ1) is 13.4. The van der Waals surface area contributed by atoms with Crippen molar-refractivity contribution in [3.8, 4) is 0 Å². The van der Waals surface area contributed by atoms with Gasteiger partial charge in [-0.15, -0.1) is 0 Å². The minimum absolute atomic E-state index is 0.859. The molecule has 0 bridgehead atoms. The van der Waals surface area contributed by atoms with Crippen molar-refractivity contribution in [1.29, 1.82) is 0 Å². The molecule has 2 nitrogen and oxygen atoms in total. The summed E-state index contributed by atoms with van der Waals surface area (Å²) in [5.74, 6) is 0.964. The fourth-order valence-electron chi connectivity index (χ4n) is 2.96. The predicted octanol–water partition coefficient (Wildman–Crippen LogP) is 3.67. The highest BCUT2D eigenvalue weighted by molar-refractivity contribution is 5.39. The highest BCUT2D eigenvalue weighted by atomic mass is 15.1. The lowest BCUT2D eigenvalue weighted by atomic mass is 9.96. The van der Waals surface area contributed by atoms with Gasteiger partial charge in [-0.1, -0.05) is 31.9 Å². The topological polar surface area (TPSA) is 29.3 Å². The molecule has 1 aliphatic rings. The Morgan fingerprint density at radius 3 is 2.67 bits per heavy atom. The lowest BCUT2D eigenvalue weighted by Crippen LogP contribution is -2.24. The molecule has 1 aliphatic heterocycles. The van der Waals surface area contributed by atoms with Crippen LogP contribution in [-0.2, 0) is 6.54 Å². The number of nitrogen functional groups attached to an aromatic ring is 1. The summed E-state index contributed by atoms with van der Waals surface area (Å²) in [5.41, 5.74) is 7.97. The highest BCUT2D eigenvalue weighted by Gasteiger charge is 2.16. The first-order valence-corrected chi connectivity index (χ1v) is 7.34. The van der Waals surface area contributed by atoms with Crippen LogP contribution in [0.2, 0.25) is 0 Å². The molecule has 1 saturated heterocycles. The molecule has 1 unspecified atom stereocenters. The lowest BCUT2D eigenvalue weighted by molar-refractivity contribution is 0.271. The summed E-state index contributed by atoms with van der Waals surface area (Å²) < 4.78 is 0. The molecular formula is C16H26N2. The van der Waals surface area contributed by atoms with Crippen molar-refractivity contribution in [2.45, 2.75) is 45.6 Å². The average molecular weight is 246 g/mol. The van der Waals surface area contributed by atoms with Crippen LogP contribution in [0.5, 0.6) is 0 Å². The van der Waals surface area contributed by atoms with Crippen LogP contribution in [0.3, 0.4) is 0 Å². The molecule has 0 amide bonds. The van der Waals surface area contributed by atoms with Crippen LogP contribution in [0, 0.1) is 5.92 Å². The Kier molecular flexibility index (Phi) is 5.06. The third kappa shape index (κ3) is 4.02. The van der Waals surface area contributed by atoms with Crippen LogP contribution in [0.25, 0.3) is 0 Å². The monoisotopic (exact) mass is 246 g/mol. The zero-order valence-corrected chi connectivity index (χ0v) is 11.6. The molecule has 18 heavy (non-hydrogen) atoms. The SMILES string of the molecule is CCCC1CCCN(Cc2ccc(N)cc2)CC1. The Hall–Kier alpha value is -1.02. The van der Waals surface area contributed by atoms with Crippen LogP contribution in [0.4, 0.5) is 5.69 Å². The Balaban J connectivity index is 1.84. The standard InChI is InChI=1S/C16H26N2/c1-2-4-14-5-3-11-18(12-10-14)13-15-6-8-16(17)9-7-15/h6-9,14H,2-5,10-13,17H2,1H3. The second-order valence-electron chi connectivity index (χ2n) is 5.60. The molecule has 0 spiro atoms. The van der Waals surface area contributed by atoms with Gasteiger partial charge in [-0.05, 0) is 56.0 Å². The van der Waals surface area contributed by atoms with Crippen molar-refractivity contribution in [3.63, 3.8) is 0 Å². The maximum absolute atomic E-state index is 5.72. The van der Waals surface area contributed by atoms with Crippen molar-refractivity contribution in [1.82, 2.24) is 4.90 Å². The highest BCUT2D eigenvalue weighted by Crippen LogP contribution is 2.22. The minimum atomic E-state index is 0.859. The molecule has 1 atom stereocenters. The van der Waals surface area contributed by atoms with Crippen molar-refractivity contribution in [2.24, 2.45) is 5.92 Å². The summed E-state index contributed by atoms with van der Waals surface area (Å²) in [6.07, 6.45) is 6.91. The summed E-state index contributed by atoms with van der Waals surface area (Å²) in [6, 6.07) is 8.33. The number of likely N-dealkylation sites (tertiary alicyclic amines) is 1.